The van der Waals surface area contributed by atoms with Crippen LogP contribution in [0, 0.1) is 5.41 Å². The van der Waals surface area contributed by atoms with Gasteiger partial charge in [-0.3, -0.25) is 0 Å². The molecule has 1 spiro atoms. The van der Waals surface area contributed by atoms with Gasteiger partial charge in [-0.15, -0.1) is 0 Å². The second-order valence-corrected chi connectivity index (χ2v) is 6.65. The minimum atomic E-state index is -5.08. The first-order chi connectivity index (χ1) is 11.8. The van der Waals surface area contributed by atoms with Crippen molar-refractivity contribution in [3.05, 3.63) is 28.8 Å². The van der Waals surface area contributed by atoms with E-state index >= 15 is 0 Å². The fourth-order valence-corrected chi connectivity index (χ4v) is 3.16. The minimum Gasteiger partial charge on any atom is -0.475 e. The van der Waals surface area contributed by atoms with Crippen LogP contribution in [0.5, 0.6) is 0 Å². The van der Waals surface area contributed by atoms with Gasteiger partial charge in [-0.1, -0.05) is 11.6 Å². The summed E-state index contributed by atoms with van der Waals surface area (Å²) in [5, 5.41) is 10.2. The van der Waals surface area contributed by atoms with E-state index in [1.54, 1.807) is 6.07 Å². The number of nitrogens with zero attached hydrogens (tertiary/aromatic N) is 1. The topological polar surface area (TPSA) is 52.6 Å². The summed E-state index contributed by atoms with van der Waals surface area (Å²) in [5.74, 6) is -2.76. The van der Waals surface area contributed by atoms with Crippen LogP contribution in [0.3, 0.4) is 0 Å². The van der Waals surface area contributed by atoms with Crippen LogP contribution in [0.25, 0.3) is 0 Å². The molecule has 2 N–H and O–H groups in total. The number of carboxylic acid groups (broad SMARTS) is 1. The molecule has 2 aliphatic heterocycles. The molecule has 3 rings (SSSR count). The number of anilines is 1. The Hall–Kier alpha value is -1.68. The highest BCUT2D eigenvalue weighted by molar-refractivity contribution is 6.31. The van der Waals surface area contributed by atoms with E-state index in [4.69, 9.17) is 21.5 Å². The summed E-state index contributed by atoms with van der Waals surface area (Å²) in [7, 11) is 0. The molecule has 0 aromatic heterocycles. The highest BCUT2D eigenvalue weighted by Gasteiger charge is 2.45. The van der Waals surface area contributed by atoms with Gasteiger partial charge in [0.25, 0.3) is 0 Å². The first-order valence-corrected chi connectivity index (χ1v) is 7.84. The van der Waals surface area contributed by atoms with Crippen LogP contribution >= 0.6 is 11.6 Å². The van der Waals surface area contributed by atoms with Crippen molar-refractivity contribution in [3.63, 3.8) is 0 Å². The Kier molecular flexibility index (Phi) is 5.67. The summed E-state index contributed by atoms with van der Waals surface area (Å²) in [4.78, 5) is 10.9. The number of aliphatic carboxylic acids is 1. The average molecular weight is 405 g/mol. The Balaban J connectivity index is 0.000000298. The van der Waals surface area contributed by atoms with E-state index in [1.165, 1.54) is 6.07 Å². The van der Waals surface area contributed by atoms with Crippen LogP contribution in [-0.2, 0) is 11.0 Å². The van der Waals surface area contributed by atoms with E-state index in [-0.39, 0.29) is 10.4 Å². The normalized spacial score (nSPS) is 19.0. The smallest absolute Gasteiger partial charge is 0.475 e. The maximum atomic E-state index is 12.8. The number of nitrogens with one attached hydrogen (secondary N) is 1. The monoisotopic (exact) mass is 404 g/mol. The molecular weight excluding hydrogens is 390 g/mol. The number of carboxylic acids is 1. The zero-order valence-corrected chi connectivity index (χ0v) is 14.0. The van der Waals surface area contributed by atoms with Crippen LogP contribution in [0.2, 0.25) is 5.02 Å². The lowest BCUT2D eigenvalue weighted by Gasteiger charge is -2.49. The molecule has 26 heavy (non-hydrogen) atoms. The van der Waals surface area contributed by atoms with Crippen LogP contribution in [-0.4, -0.2) is 43.4 Å². The molecule has 0 atom stereocenters. The van der Waals surface area contributed by atoms with Crippen molar-refractivity contribution < 1.29 is 36.2 Å². The molecule has 0 radical (unpaired) electrons. The van der Waals surface area contributed by atoms with Gasteiger partial charge in [0.1, 0.15) is 0 Å². The Morgan fingerprint density at radius 2 is 1.77 bits per heavy atom. The van der Waals surface area contributed by atoms with Crippen LogP contribution in [0.15, 0.2) is 18.2 Å². The maximum absolute atomic E-state index is 12.8. The van der Waals surface area contributed by atoms with E-state index in [2.05, 4.69) is 5.32 Å². The third-order valence-corrected chi connectivity index (χ3v) is 4.58. The van der Waals surface area contributed by atoms with Gasteiger partial charge >= 0.3 is 18.3 Å². The fourth-order valence-electron chi connectivity index (χ4n) is 2.94. The number of hydrogen-bond donors (Lipinski definition) is 2. The molecule has 4 nitrogen and oxygen atoms in total. The van der Waals surface area contributed by atoms with E-state index < -0.39 is 23.9 Å². The van der Waals surface area contributed by atoms with Gasteiger partial charge in [0.05, 0.1) is 10.6 Å². The SMILES string of the molecule is FC(F)(F)c1cc(N2CC3(CCNC3)C2)ccc1Cl.O=C(O)C(F)(F)F. The molecule has 2 saturated heterocycles. The van der Waals surface area contributed by atoms with Gasteiger partial charge in [-0.2, -0.15) is 26.3 Å². The van der Waals surface area contributed by atoms with Gasteiger partial charge < -0.3 is 15.3 Å². The minimum absolute atomic E-state index is 0.242. The summed E-state index contributed by atoms with van der Waals surface area (Å²) < 4.78 is 70.1. The molecule has 11 heteroatoms. The number of halogens is 7. The van der Waals surface area contributed by atoms with E-state index in [9.17, 15) is 26.3 Å². The summed E-state index contributed by atoms with van der Waals surface area (Å²) in [6.45, 7) is 3.60. The fraction of sp³-hybridized carbons (Fsp3) is 0.533. The average Bonchev–Trinajstić information content (AvgIpc) is 2.94. The van der Waals surface area contributed by atoms with Crippen molar-refractivity contribution in [2.75, 3.05) is 31.1 Å². The van der Waals surface area contributed by atoms with Gasteiger partial charge in [0.2, 0.25) is 0 Å². The molecule has 0 saturated carbocycles. The van der Waals surface area contributed by atoms with Crippen molar-refractivity contribution in [2.24, 2.45) is 5.41 Å². The predicted molar refractivity (Wildman–Crippen MR) is 82.3 cm³/mol. The van der Waals surface area contributed by atoms with Crippen LogP contribution in [0.4, 0.5) is 32.0 Å². The zero-order valence-electron chi connectivity index (χ0n) is 13.2. The third-order valence-electron chi connectivity index (χ3n) is 4.25. The Bertz CT molecular complexity index is 663. The Morgan fingerprint density at radius 1 is 1.19 bits per heavy atom. The molecule has 0 amide bonds. The number of hydrogen-bond acceptors (Lipinski definition) is 3. The van der Waals surface area contributed by atoms with E-state index in [0.717, 1.165) is 38.7 Å². The van der Waals surface area contributed by atoms with Crippen LogP contribution in [0.1, 0.15) is 12.0 Å². The van der Waals surface area contributed by atoms with Crippen molar-refractivity contribution in [1.82, 2.24) is 5.32 Å². The highest BCUT2D eigenvalue weighted by atomic mass is 35.5. The Labute approximate surface area is 149 Å². The Morgan fingerprint density at radius 3 is 2.19 bits per heavy atom. The van der Waals surface area contributed by atoms with Gasteiger partial charge in [0, 0.05) is 30.7 Å². The molecule has 2 heterocycles. The summed E-state index contributed by atoms with van der Waals surface area (Å²) in [5.41, 5.74) is 0.115. The predicted octanol–water partition coefficient (Wildman–Crippen LogP) is 3.79. The zero-order chi connectivity index (χ0) is 19.8. The lowest BCUT2D eigenvalue weighted by Crippen LogP contribution is -2.57. The molecule has 2 fully saturated rings. The second kappa shape index (κ2) is 7.15. The third kappa shape index (κ3) is 4.73. The second-order valence-electron chi connectivity index (χ2n) is 6.25. The number of benzene rings is 1. The molecule has 2 aliphatic rings. The first kappa shape index (κ1) is 20.6. The first-order valence-electron chi connectivity index (χ1n) is 7.47. The van der Waals surface area contributed by atoms with Crippen molar-refractivity contribution in [2.45, 2.75) is 18.8 Å². The van der Waals surface area contributed by atoms with E-state index in [1.807, 2.05) is 4.90 Å². The standard InChI is InChI=1S/C13H14ClF3N2.C2HF3O2/c14-11-2-1-9(5-10(11)13(15,16)17)19-7-12(8-19)3-4-18-6-12;3-2(4,5)1(6)7/h1-2,5,18H,3-4,6-8H2;(H,6,7). The van der Waals surface area contributed by atoms with Crippen LogP contribution < -0.4 is 10.2 Å². The summed E-state index contributed by atoms with van der Waals surface area (Å²) in [6, 6.07) is 4.14. The van der Waals surface area contributed by atoms with Crippen molar-refractivity contribution in [3.8, 4) is 0 Å². The molecule has 146 valence electrons. The van der Waals surface area contributed by atoms with Crippen molar-refractivity contribution in [1.29, 1.82) is 0 Å². The lowest BCUT2D eigenvalue weighted by molar-refractivity contribution is -0.192. The van der Waals surface area contributed by atoms with E-state index in [0.29, 0.717) is 5.69 Å². The molecule has 0 bridgehead atoms. The summed E-state index contributed by atoms with van der Waals surface area (Å²) in [6.07, 6.45) is -8.38. The largest absolute Gasteiger partial charge is 0.490 e. The number of rotatable bonds is 1. The molecule has 0 unspecified atom stereocenters. The molecule has 1 aromatic rings. The number of alkyl halides is 6. The van der Waals surface area contributed by atoms with Crippen molar-refractivity contribution >= 4 is 23.3 Å². The lowest BCUT2D eigenvalue weighted by atomic mass is 9.79. The van der Waals surface area contributed by atoms with Gasteiger partial charge in [-0.25, -0.2) is 4.79 Å². The summed E-state index contributed by atoms with van der Waals surface area (Å²) >= 11 is 5.62. The van der Waals surface area contributed by atoms with Gasteiger partial charge in [-0.05, 0) is 31.2 Å². The number of carbonyl (C=O) groups is 1. The molecule has 1 aromatic carbocycles. The maximum Gasteiger partial charge on any atom is 0.490 e. The highest BCUT2D eigenvalue weighted by Crippen LogP contribution is 2.42. The quantitative estimate of drug-likeness (QED) is 0.699. The molecule has 0 aliphatic carbocycles. The van der Waals surface area contributed by atoms with Gasteiger partial charge in [0.15, 0.2) is 0 Å². The molecular formula is C15H15ClF6N2O2.